The van der Waals surface area contributed by atoms with E-state index >= 15 is 0 Å². The first-order valence-electron chi connectivity index (χ1n) is 4.64. The van der Waals surface area contributed by atoms with Gasteiger partial charge in [-0.15, -0.1) is 0 Å². The van der Waals surface area contributed by atoms with Crippen LogP contribution in [-0.2, 0) is 9.84 Å². The minimum atomic E-state index is -3.43. The smallest absolute Gasteiger partial charge is 0.191 e. The van der Waals surface area contributed by atoms with Crippen molar-refractivity contribution >= 4 is 37.2 Å². The number of benzene rings is 1. The second-order valence-corrected chi connectivity index (χ2v) is 7.15. The Kier molecular flexibility index (Phi) is 4.09. The van der Waals surface area contributed by atoms with Crippen LogP contribution >= 0.6 is 15.9 Å². The summed E-state index contributed by atoms with van der Waals surface area (Å²) in [6.07, 6.45) is 0. The molecular formula is C10H12BrNO3S. The van der Waals surface area contributed by atoms with Crippen molar-refractivity contribution < 1.29 is 13.2 Å². The lowest BCUT2D eigenvalue weighted by Crippen LogP contribution is -2.26. The van der Waals surface area contributed by atoms with Crippen molar-refractivity contribution in [3.8, 4) is 0 Å². The maximum absolute atomic E-state index is 11.8. The molecule has 1 aromatic rings. The van der Waals surface area contributed by atoms with Gasteiger partial charge in [-0.1, -0.05) is 35.0 Å². The minimum Gasteiger partial charge on any atom is -0.399 e. The van der Waals surface area contributed by atoms with Crippen LogP contribution in [0.3, 0.4) is 0 Å². The van der Waals surface area contributed by atoms with Crippen LogP contribution in [0.4, 0.5) is 5.69 Å². The molecule has 0 bridgehead atoms. The molecular weight excluding hydrogens is 294 g/mol. The molecule has 1 aromatic carbocycles. The number of Topliss-reactive ketones (excluding diaryl/α,β-unsaturated/α-hetero) is 1. The van der Waals surface area contributed by atoms with Crippen LogP contribution < -0.4 is 5.73 Å². The van der Waals surface area contributed by atoms with Crippen LogP contribution in [-0.4, -0.2) is 24.1 Å². The molecule has 16 heavy (non-hydrogen) atoms. The molecule has 0 spiro atoms. The lowest BCUT2D eigenvalue weighted by Gasteiger charge is -2.09. The number of hydrogen-bond donors (Lipinski definition) is 1. The minimum absolute atomic E-state index is 0.0863. The number of carbonyl (C=O) groups excluding carboxylic acids is 1. The van der Waals surface area contributed by atoms with Crippen LogP contribution in [0.15, 0.2) is 24.3 Å². The van der Waals surface area contributed by atoms with E-state index in [-0.39, 0.29) is 5.75 Å². The molecule has 0 saturated carbocycles. The third-order valence-electron chi connectivity index (χ3n) is 2.09. The number of alkyl halides is 1. The average molecular weight is 306 g/mol. The van der Waals surface area contributed by atoms with Crippen molar-refractivity contribution in [2.24, 2.45) is 0 Å². The van der Waals surface area contributed by atoms with Gasteiger partial charge in [0.15, 0.2) is 19.8 Å². The Morgan fingerprint density at radius 1 is 1.50 bits per heavy atom. The lowest BCUT2D eigenvalue weighted by atomic mass is 10.1. The van der Waals surface area contributed by atoms with Crippen molar-refractivity contribution in [2.45, 2.75) is 11.1 Å². The van der Waals surface area contributed by atoms with Gasteiger partial charge in [-0.05, 0) is 12.1 Å². The first-order chi connectivity index (χ1) is 7.38. The summed E-state index contributed by atoms with van der Waals surface area (Å²) in [7, 11) is -3.43. The monoisotopic (exact) mass is 305 g/mol. The second-order valence-electron chi connectivity index (χ2n) is 3.26. The Labute approximate surface area is 103 Å². The van der Waals surface area contributed by atoms with Gasteiger partial charge in [0.2, 0.25) is 0 Å². The highest BCUT2D eigenvalue weighted by atomic mass is 79.9. The first kappa shape index (κ1) is 13.2. The van der Waals surface area contributed by atoms with E-state index < -0.39 is 19.8 Å². The number of rotatable bonds is 4. The van der Waals surface area contributed by atoms with Gasteiger partial charge in [-0.25, -0.2) is 8.42 Å². The zero-order valence-electron chi connectivity index (χ0n) is 8.68. The maximum Gasteiger partial charge on any atom is 0.191 e. The van der Waals surface area contributed by atoms with E-state index in [9.17, 15) is 13.2 Å². The molecule has 0 amide bonds. The summed E-state index contributed by atoms with van der Waals surface area (Å²) >= 11 is 2.91. The highest BCUT2D eigenvalue weighted by Gasteiger charge is 2.28. The van der Waals surface area contributed by atoms with Crippen molar-refractivity contribution in [3.63, 3.8) is 0 Å². The number of hydrogen-bond acceptors (Lipinski definition) is 4. The Balaban J connectivity index is 3.04. The molecule has 4 nitrogen and oxygen atoms in total. The van der Waals surface area contributed by atoms with Gasteiger partial charge >= 0.3 is 0 Å². The number of sulfone groups is 1. The summed E-state index contributed by atoms with van der Waals surface area (Å²) in [5.74, 6) is -0.578. The molecule has 1 atom stereocenters. The largest absolute Gasteiger partial charge is 0.399 e. The van der Waals surface area contributed by atoms with E-state index in [1.54, 1.807) is 12.1 Å². The third kappa shape index (κ3) is 2.82. The van der Waals surface area contributed by atoms with E-state index in [1.165, 1.54) is 19.1 Å². The van der Waals surface area contributed by atoms with Crippen LogP contribution in [0.2, 0.25) is 0 Å². The standard InChI is InChI=1S/C10H12BrNO3S/c1-2-16(14,15)10(11)9(13)7-4-3-5-8(12)6-7/h3-6,10H,2,12H2,1H3/t10-/m0/s1. The van der Waals surface area contributed by atoms with E-state index in [0.29, 0.717) is 11.3 Å². The van der Waals surface area contributed by atoms with Gasteiger partial charge in [0.1, 0.15) is 0 Å². The summed E-state index contributed by atoms with van der Waals surface area (Å²) in [5.41, 5.74) is 6.24. The Morgan fingerprint density at radius 3 is 2.62 bits per heavy atom. The fourth-order valence-electron chi connectivity index (χ4n) is 1.13. The molecule has 0 fully saturated rings. The predicted molar refractivity (Wildman–Crippen MR) is 67.4 cm³/mol. The highest BCUT2D eigenvalue weighted by molar-refractivity contribution is 9.11. The summed E-state index contributed by atoms with van der Waals surface area (Å²) in [6.45, 7) is 1.50. The van der Waals surface area contributed by atoms with Crippen LogP contribution in [0.25, 0.3) is 0 Å². The maximum atomic E-state index is 11.8. The van der Waals surface area contributed by atoms with Crippen LogP contribution in [0.1, 0.15) is 17.3 Å². The second kappa shape index (κ2) is 4.97. The third-order valence-corrected chi connectivity index (χ3v) is 5.87. The van der Waals surface area contributed by atoms with Gasteiger partial charge in [-0.2, -0.15) is 0 Å². The van der Waals surface area contributed by atoms with Gasteiger partial charge in [0.25, 0.3) is 0 Å². The molecule has 0 aliphatic heterocycles. The van der Waals surface area contributed by atoms with Gasteiger partial charge in [0, 0.05) is 17.0 Å². The van der Waals surface area contributed by atoms with Crippen molar-refractivity contribution in [2.75, 3.05) is 11.5 Å². The van der Waals surface area contributed by atoms with Crippen molar-refractivity contribution in [1.82, 2.24) is 0 Å². The van der Waals surface area contributed by atoms with E-state index in [2.05, 4.69) is 15.9 Å². The van der Waals surface area contributed by atoms with E-state index in [4.69, 9.17) is 5.73 Å². The highest BCUT2D eigenvalue weighted by Crippen LogP contribution is 2.18. The van der Waals surface area contributed by atoms with Crippen LogP contribution in [0.5, 0.6) is 0 Å². The van der Waals surface area contributed by atoms with E-state index in [0.717, 1.165) is 0 Å². The summed E-state index contributed by atoms with van der Waals surface area (Å²) in [5, 5.41) is 0. The van der Waals surface area contributed by atoms with Gasteiger partial charge < -0.3 is 5.73 Å². The van der Waals surface area contributed by atoms with E-state index in [1.807, 2.05) is 0 Å². The quantitative estimate of drug-likeness (QED) is 0.521. The summed E-state index contributed by atoms with van der Waals surface area (Å²) in [6, 6.07) is 6.25. The number of halogens is 1. The van der Waals surface area contributed by atoms with Gasteiger partial charge in [-0.3, -0.25) is 4.79 Å². The Bertz CT molecular complexity index is 499. The molecule has 0 unspecified atom stereocenters. The topological polar surface area (TPSA) is 77.2 Å². The molecule has 1 rings (SSSR count). The molecule has 0 saturated heterocycles. The fraction of sp³-hybridized carbons (Fsp3) is 0.300. The molecule has 6 heteroatoms. The van der Waals surface area contributed by atoms with Crippen LogP contribution in [0, 0.1) is 0 Å². The number of carbonyl (C=O) groups is 1. The molecule has 88 valence electrons. The summed E-state index contributed by atoms with van der Waals surface area (Å²) < 4.78 is 21.8. The first-order valence-corrected chi connectivity index (χ1v) is 7.27. The SMILES string of the molecule is CCS(=O)(=O)[C@H](Br)C(=O)c1cccc(N)c1. The Morgan fingerprint density at radius 2 is 2.12 bits per heavy atom. The molecule has 0 aliphatic carbocycles. The molecule has 0 radical (unpaired) electrons. The predicted octanol–water partition coefficient (Wildman–Crippen LogP) is 1.61. The average Bonchev–Trinajstić information content (AvgIpc) is 2.27. The molecule has 2 N–H and O–H groups in total. The zero-order valence-corrected chi connectivity index (χ0v) is 11.1. The lowest BCUT2D eigenvalue weighted by molar-refractivity contribution is 0.101. The number of anilines is 1. The zero-order chi connectivity index (χ0) is 12.3. The summed E-state index contributed by atoms with van der Waals surface area (Å²) in [4.78, 5) is 11.8. The molecule has 0 aromatic heterocycles. The normalized spacial score (nSPS) is 13.4. The van der Waals surface area contributed by atoms with Gasteiger partial charge in [0.05, 0.1) is 0 Å². The number of ketones is 1. The van der Waals surface area contributed by atoms with Crippen molar-refractivity contribution in [3.05, 3.63) is 29.8 Å². The fourth-order valence-corrected chi connectivity index (χ4v) is 2.94. The number of nitrogen functional groups attached to an aromatic ring is 1. The number of nitrogens with two attached hydrogens (primary N) is 1. The Hall–Kier alpha value is -0.880. The molecule has 0 heterocycles. The molecule has 0 aliphatic rings. The van der Waals surface area contributed by atoms with Crippen molar-refractivity contribution in [1.29, 1.82) is 0 Å².